The second kappa shape index (κ2) is 7.73. The summed E-state index contributed by atoms with van der Waals surface area (Å²) in [7, 11) is 1.77. The summed E-state index contributed by atoms with van der Waals surface area (Å²) >= 11 is 0. The van der Waals surface area contributed by atoms with Crippen molar-refractivity contribution in [2.75, 3.05) is 20.1 Å². The van der Waals surface area contributed by atoms with Crippen molar-refractivity contribution in [2.45, 2.75) is 13.3 Å². The maximum absolute atomic E-state index is 10.9. The lowest BCUT2D eigenvalue weighted by molar-refractivity contribution is -0.127. The van der Waals surface area contributed by atoms with E-state index < -0.39 is 0 Å². The van der Waals surface area contributed by atoms with Crippen molar-refractivity contribution in [1.82, 2.24) is 10.2 Å². The van der Waals surface area contributed by atoms with Crippen LogP contribution in [0.2, 0.25) is 0 Å². The van der Waals surface area contributed by atoms with Gasteiger partial charge in [0.1, 0.15) is 12.2 Å². The predicted octanol–water partition coefficient (Wildman–Crippen LogP) is 0.645. The summed E-state index contributed by atoms with van der Waals surface area (Å²) in [5.74, 6) is 0.621. The van der Waals surface area contributed by atoms with Gasteiger partial charge in [-0.1, -0.05) is 6.58 Å². The van der Waals surface area contributed by atoms with Crippen LogP contribution in [0, 0.1) is 0 Å². The van der Waals surface area contributed by atoms with E-state index in [2.05, 4.69) is 28.6 Å². The van der Waals surface area contributed by atoms with Crippen LogP contribution in [0.4, 0.5) is 0 Å². The van der Waals surface area contributed by atoms with Gasteiger partial charge in [0.05, 0.1) is 0 Å². The van der Waals surface area contributed by atoms with E-state index in [1.807, 2.05) is 0 Å². The molecule has 0 aromatic carbocycles. The summed E-state index contributed by atoms with van der Waals surface area (Å²) in [6, 6.07) is 0. The van der Waals surface area contributed by atoms with E-state index in [1.165, 1.54) is 6.34 Å². The minimum Gasteiger partial charge on any atom is -0.370 e. The highest BCUT2D eigenvalue weighted by molar-refractivity contribution is 5.72. The SMILES string of the molecule is C=N/C=N\C(=C)NCCCN(C)C(C)=O. The molecule has 84 valence electrons. The Labute approximate surface area is 90.6 Å². The summed E-state index contributed by atoms with van der Waals surface area (Å²) < 4.78 is 0. The van der Waals surface area contributed by atoms with E-state index >= 15 is 0 Å². The number of rotatable bonds is 7. The zero-order chi connectivity index (χ0) is 11.7. The number of nitrogens with one attached hydrogen (secondary N) is 1. The van der Waals surface area contributed by atoms with Crippen LogP contribution in [0.25, 0.3) is 0 Å². The van der Waals surface area contributed by atoms with E-state index in [0.29, 0.717) is 5.82 Å². The van der Waals surface area contributed by atoms with Crippen LogP contribution in [-0.4, -0.2) is 44.0 Å². The molecule has 0 heterocycles. The Bertz CT molecular complexity index is 260. The molecule has 0 aromatic heterocycles. The molecule has 5 nitrogen and oxygen atoms in total. The second-order valence-corrected chi connectivity index (χ2v) is 3.09. The fourth-order valence-corrected chi connectivity index (χ4v) is 0.863. The minimum absolute atomic E-state index is 0.0719. The number of carbonyl (C=O) groups is 1. The molecule has 0 fully saturated rings. The van der Waals surface area contributed by atoms with Crippen LogP contribution in [0.5, 0.6) is 0 Å². The van der Waals surface area contributed by atoms with Crippen molar-refractivity contribution in [3.63, 3.8) is 0 Å². The number of carbonyl (C=O) groups excluding carboxylic acids is 1. The lowest BCUT2D eigenvalue weighted by atomic mass is 10.4. The Morgan fingerprint density at radius 1 is 1.60 bits per heavy atom. The fraction of sp³-hybridized carbons (Fsp3) is 0.500. The molecule has 0 radical (unpaired) electrons. The van der Waals surface area contributed by atoms with Gasteiger partial charge in [0.25, 0.3) is 0 Å². The molecule has 0 aromatic rings. The van der Waals surface area contributed by atoms with Crippen molar-refractivity contribution in [3.8, 4) is 0 Å². The molecule has 0 spiro atoms. The monoisotopic (exact) mass is 210 g/mol. The fourth-order valence-electron chi connectivity index (χ4n) is 0.863. The van der Waals surface area contributed by atoms with Gasteiger partial charge < -0.3 is 10.2 Å². The molecule has 15 heavy (non-hydrogen) atoms. The zero-order valence-electron chi connectivity index (χ0n) is 9.36. The predicted molar refractivity (Wildman–Crippen MR) is 63.1 cm³/mol. The number of hydrogen-bond acceptors (Lipinski definition) is 3. The molecule has 0 aliphatic heterocycles. The molecule has 0 bridgehead atoms. The van der Waals surface area contributed by atoms with Crippen molar-refractivity contribution in [1.29, 1.82) is 0 Å². The number of nitrogens with zero attached hydrogens (tertiary/aromatic N) is 3. The summed E-state index contributed by atoms with van der Waals surface area (Å²) in [5.41, 5.74) is 0. The third kappa shape index (κ3) is 7.42. The van der Waals surface area contributed by atoms with Crippen LogP contribution in [0.3, 0.4) is 0 Å². The first kappa shape index (κ1) is 13.4. The molecule has 0 aliphatic rings. The number of amides is 1. The minimum atomic E-state index is 0.0719. The summed E-state index contributed by atoms with van der Waals surface area (Å²) in [6.45, 7) is 9.92. The average molecular weight is 210 g/mol. The molecule has 0 rings (SSSR count). The smallest absolute Gasteiger partial charge is 0.219 e. The van der Waals surface area contributed by atoms with Gasteiger partial charge in [-0.15, -0.1) is 0 Å². The molecule has 1 amide bonds. The molecule has 0 aliphatic carbocycles. The molecular weight excluding hydrogens is 192 g/mol. The number of hydrogen-bond donors (Lipinski definition) is 1. The normalized spacial score (nSPS) is 10.0. The van der Waals surface area contributed by atoms with Crippen LogP contribution in [-0.2, 0) is 4.79 Å². The molecule has 5 heteroatoms. The topological polar surface area (TPSA) is 57.1 Å². The highest BCUT2D eigenvalue weighted by atomic mass is 16.2. The first-order valence-electron chi connectivity index (χ1n) is 4.70. The molecule has 0 saturated heterocycles. The molecule has 0 atom stereocenters. The van der Waals surface area contributed by atoms with Gasteiger partial charge in [0, 0.05) is 27.1 Å². The standard InChI is InChI=1S/C10H18N4O/c1-9(13-8-11-3)12-6-5-7-14(4)10(2)15/h8,12H,1,3,5-7H2,2,4H3/b13-8-. The van der Waals surface area contributed by atoms with E-state index in [-0.39, 0.29) is 5.91 Å². The van der Waals surface area contributed by atoms with Crippen molar-refractivity contribution in [2.24, 2.45) is 9.98 Å². The van der Waals surface area contributed by atoms with Gasteiger partial charge in [-0.2, -0.15) is 0 Å². The lowest BCUT2D eigenvalue weighted by Gasteiger charge is -2.14. The van der Waals surface area contributed by atoms with Crippen LogP contribution < -0.4 is 5.32 Å². The molecule has 0 unspecified atom stereocenters. The van der Waals surface area contributed by atoms with Crippen molar-refractivity contribution in [3.05, 3.63) is 12.4 Å². The Balaban J connectivity index is 3.54. The van der Waals surface area contributed by atoms with Crippen molar-refractivity contribution < 1.29 is 4.79 Å². The highest BCUT2D eigenvalue weighted by Gasteiger charge is 2.00. The third-order valence-electron chi connectivity index (χ3n) is 1.83. The maximum atomic E-state index is 10.9. The molecular formula is C10H18N4O. The van der Waals surface area contributed by atoms with Crippen LogP contribution >= 0.6 is 0 Å². The van der Waals surface area contributed by atoms with E-state index in [9.17, 15) is 4.79 Å². The Hall–Kier alpha value is -1.65. The molecule has 0 saturated carbocycles. The van der Waals surface area contributed by atoms with Gasteiger partial charge in [-0.05, 0) is 13.1 Å². The Morgan fingerprint density at radius 2 is 2.27 bits per heavy atom. The van der Waals surface area contributed by atoms with Gasteiger partial charge in [-0.3, -0.25) is 9.79 Å². The zero-order valence-corrected chi connectivity index (χ0v) is 9.36. The number of aliphatic imine (C=N–C) groups is 2. The maximum Gasteiger partial charge on any atom is 0.219 e. The summed E-state index contributed by atoms with van der Waals surface area (Å²) in [4.78, 5) is 19.8. The largest absolute Gasteiger partial charge is 0.370 e. The van der Waals surface area contributed by atoms with Crippen LogP contribution in [0.15, 0.2) is 22.4 Å². The molecule has 1 N–H and O–H groups in total. The first-order valence-corrected chi connectivity index (χ1v) is 4.70. The van der Waals surface area contributed by atoms with Gasteiger partial charge >= 0.3 is 0 Å². The Kier molecular flexibility index (Phi) is 6.88. The summed E-state index contributed by atoms with van der Waals surface area (Å²) in [5, 5.41) is 2.99. The average Bonchev–Trinajstić information content (AvgIpc) is 2.20. The quantitative estimate of drug-likeness (QED) is 0.381. The Morgan fingerprint density at radius 3 is 2.80 bits per heavy atom. The lowest BCUT2D eigenvalue weighted by Crippen LogP contribution is -2.27. The van der Waals surface area contributed by atoms with E-state index in [4.69, 9.17) is 0 Å². The van der Waals surface area contributed by atoms with E-state index in [1.54, 1.807) is 18.9 Å². The van der Waals surface area contributed by atoms with Crippen LogP contribution in [0.1, 0.15) is 13.3 Å². The van der Waals surface area contributed by atoms with Gasteiger partial charge in [0.2, 0.25) is 5.91 Å². The summed E-state index contributed by atoms with van der Waals surface area (Å²) in [6.07, 6.45) is 2.18. The first-order chi connectivity index (χ1) is 7.07. The third-order valence-corrected chi connectivity index (χ3v) is 1.83. The second-order valence-electron chi connectivity index (χ2n) is 3.09. The van der Waals surface area contributed by atoms with Crippen molar-refractivity contribution >= 4 is 19.0 Å². The van der Waals surface area contributed by atoms with E-state index in [0.717, 1.165) is 19.5 Å². The van der Waals surface area contributed by atoms with Gasteiger partial charge in [0.15, 0.2) is 0 Å². The highest BCUT2D eigenvalue weighted by Crippen LogP contribution is 1.89. The van der Waals surface area contributed by atoms with Gasteiger partial charge in [-0.25, -0.2) is 4.99 Å².